The second-order valence-corrected chi connectivity index (χ2v) is 8.40. The maximum atomic E-state index is 4.76. The summed E-state index contributed by atoms with van der Waals surface area (Å²) in [7, 11) is 1.81. The highest BCUT2D eigenvalue weighted by molar-refractivity contribution is 14.0. The summed E-state index contributed by atoms with van der Waals surface area (Å²) in [5.74, 6) is 2.07. The summed E-state index contributed by atoms with van der Waals surface area (Å²) < 4.78 is 0. The summed E-state index contributed by atoms with van der Waals surface area (Å²) in [6.45, 7) is 9.07. The molecule has 0 bridgehead atoms. The van der Waals surface area contributed by atoms with Crippen molar-refractivity contribution >= 4 is 47.2 Å². The second-order valence-electron chi connectivity index (χ2n) is 7.11. The highest BCUT2D eigenvalue weighted by Crippen LogP contribution is 2.24. The number of nitrogens with zero attached hydrogens (tertiary/aromatic N) is 5. The van der Waals surface area contributed by atoms with Crippen LogP contribution in [-0.2, 0) is 6.54 Å². The Morgan fingerprint density at radius 1 is 1.36 bits per heavy atom. The van der Waals surface area contributed by atoms with Crippen molar-refractivity contribution in [2.75, 3.05) is 25.0 Å². The van der Waals surface area contributed by atoms with Gasteiger partial charge in [-0.3, -0.25) is 4.99 Å². The molecule has 0 amide bonds. The molecule has 1 aliphatic heterocycles. The quantitative estimate of drug-likeness (QED) is 0.362. The zero-order valence-corrected chi connectivity index (χ0v) is 20.1. The van der Waals surface area contributed by atoms with E-state index in [0.717, 1.165) is 42.8 Å². The normalized spacial score (nSPS) is 17.4. The van der Waals surface area contributed by atoms with Gasteiger partial charge in [-0.25, -0.2) is 15.0 Å². The van der Waals surface area contributed by atoms with Gasteiger partial charge in [0.15, 0.2) is 5.96 Å². The van der Waals surface area contributed by atoms with Crippen LogP contribution in [0.4, 0.5) is 5.95 Å². The van der Waals surface area contributed by atoms with E-state index in [1.54, 1.807) is 23.7 Å². The van der Waals surface area contributed by atoms with Crippen LogP contribution in [0.1, 0.15) is 48.2 Å². The summed E-state index contributed by atoms with van der Waals surface area (Å²) in [4.78, 5) is 21.4. The number of anilines is 1. The Morgan fingerprint density at radius 3 is 2.75 bits per heavy atom. The van der Waals surface area contributed by atoms with Gasteiger partial charge in [0.1, 0.15) is 5.01 Å². The molecule has 1 aliphatic rings. The third-order valence-electron chi connectivity index (χ3n) is 4.65. The molecular weight excluding hydrogens is 485 g/mol. The molecule has 28 heavy (non-hydrogen) atoms. The number of thiazole rings is 1. The smallest absolute Gasteiger partial charge is 0.225 e. The van der Waals surface area contributed by atoms with Crippen molar-refractivity contribution in [2.24, 2.45) is 4.99 Å². The lowest BCUT2D eigenvalue weighted by Crippen LogP contribution is -2.51. The molecule has 0 spiro atoms. The minimum Gasteiger partial charge on any atom is -0.352 e. The van der Waals surface area contributed by atoms with Crippen molar-refractivity contribution in [3.63, 3.8) is 0 Å². The first-order valence-corrected chi connectivity index (χ1v) is 10.3. The number of piperidine rings is 1. The minimum absolute atomic E-state index is 0. The largest absolute Gasteiger partial charge is 0.352 e. The number of aliphatic imine (C=N–C) groups is 1. The fraction of sp³-hybridized carbons (Fsp3) is 0.579. The van der Waals surface area contributed by atoms with E-state index in [-0.39, 0.29) is 24.0 Å². The molecule has 1 atom stereocenters. The van der Waals surface area contributed by atoms with Gasteiger partial charge in [0.2, 0.25) is 5.95 Å². The lowest BCUT2D eigenvalue weighted by Gasteiger charge is -2.33. The van der Waals surface area contributed by atoms with Gasteiger partial charge in [0.25, 0.3) is 0 Å². The van der Waals surface area contributed by atoms with Crippen LogP contribution < -0.4 is 15.5 Å². The van der Waals surface area contributed by atoms with E-state index in [0.29, 0.717) is 18.5 Å². The molecule has 2 aromatic heterocycles. The highest BCUT2D eigenvalue weighted by Gasteiger charge is 2.22. The van der Waals surface area contributed by atoms with Crippen molar-refractivity contribution < 1.29 is 0 Å². The molecule has 0 radical (unpaired) electrons. The van der Waals surface area contributed by atoms with E-state index in [1.807, 2.05) is 13.1 Å². The molecule has 1 saturated heterocycles. The SMILES string of the molecule is CN=C(NCc1nc(C(C)C)c(C)s1)NC1CCCN(c2ncccn2)C1.I. The predicted molar refractivity (Wildman–Crippen MR) is 127 cm³/mol. The van der Waals surface area contributed by atoms with Crippen LogP contribution >= 0.6 is 35.3 Å². The van der Waals surface area contributed by atoms with Crippen LogP contribution in [0.2, 0.25) is 0 Å². The Hall–Kier alpha value is -1.49. The molecule has 7 nitrogen and oxygen atoms in total. The molecule has 0 saturated carbocycles. The molecule has 154 valence electrons. The molecule has 2 N–H and O–H groups in total. The minimum atomic E-state index is 0. The number of guanidine groups is 1. The summed E-state index contributed by atoms with van der Waals surface area (Å²) >= 11 is 1.76. The average molecular weight is 515 g/mol. The zero-order chi connectivity index (χ0) is 19.2. The van der Waals surface area contributed by atoms with Gasteiger partial charge < -0.3 is 15.5 Å². The summed E-state index contributed by atoms with van der Waals surface area (Å²) in [5, 5.41) is 8.04. The third-order valence-corrected chi connectivity index (χ3v) is 5.64. The third kappa shape index (κ3) is 6.00. The van der Waals surface area contributed by atoms with Crippen molar-refractivity contribution in [1.29, 1.82) is 0 Å². The Bertz CT molecular complexity index is 763. The molecule has 9 heteroatoms. The summed E-state index contributed by atoms with van der Waals surface area (Å²) in [6.07, 6.45) is 5.80. The molecule has 3 heterocycles. The van der Waals surface area contributed by atoms with Crippen LogP contribution in [0.25, 0.3) is 0 Å². The van der Waals surface area contributed by atoms with Crippen molar-refractivity contribution in [2.45, 2.75) is 52.1 Å². The number of aromatic nitrogens is 3. The fourth-order valence-corrected chi connectivity index (χ4v) is 4.38. The topological polar surface area (TPSA) is 78.3 Å². The predicted octanol–water partition coefficient (Wildman–Crippen LogP) is 3.32. The number of rotatable bonds is 5. The van der Waals surface area contributed by atoms with Gasteiger partial charge in [0, 0.05) is 43.4 Å². The van der Waals surface area contributed by atoms with E-state index in [9.17, 15) is 0 Å². The first kappa shape index (κ1) is 22.8. The number of hydrogen-bond acceptors (Lipinski definition) is 6. The maximum absolute atomic E-state index is 4.76. The molecule has 3 rings (SSSR count). The fourth-order valence-electron chi connectivity index (χ4n) is 3.35. The van der Waals surface area contributed by atoms with Gasteiger partial charge in [-0.1, -0.05) is 13.8 Å². The first-order valence-electron chi connectivity index (χ1n) is 9.52. The standard InChI is InChI=1S/C19H29N7S.HI/c1-13(2)17-14(3)27-16(25-17)11-23-18(20-4)24-15-7-5-10-26(12-15)19-21-8-6-9-22-19;/h6,8-9,13,15H,5,7,10-12H2,1-4H3,(H2,20,23,24);1H. The molecule has 0 aliphatic carbocycles. The summed E-state index contributed by atoms with van der Waals surface area (Å²) in [5.41, 5.74) is 1.20. The van der Waals surface area contributed by atoms with Crippen molar-refractivity contribution in [3.05, 3.63) is 34.0 Å². The summed E-state index contributed by atoms with van der Waals surface area (Å²) in [6, 6.07) is 2.16. The molecular formula is C19H30IN7S. The molecule has 2 aromatic rings. The number of aryl methyl sites for hydroxylation is 1. The van der Waals surface area contributed by atoms with Crippen LogP contribution in [0.15, 0.2) is 23.5 Å². The van der Waals surface area contributed by atoms with Crippen LogP contribution in [-0.4, -0.2) is 47.1 Å². The number of halogens is 1. The Kier molecular flexibility index (Phi) is 8.87. The lowest BCUT2D eigenvalue weighted by atomic mass is 10.1. The van der Waals surface area contributed by atoms with E-state index < -0.39 is 0 Å². The molecule has 0 aromatic carbocycles. The lowest BCUT2D eigenvalue weighted by molar-refractivity contribution is 0.463. The van der Waals surface area contributed by atoms with Crippen molar-refractivity contribution in [1.82, 2.24) is 25.6 Å². The van der Waals surface area contributed by atoms with E-state index in [4.69, 9.17) is 4.98 Å². The van der Waals surface area contributed by atoms with E-state index in [2.05, 4.69) is 51.3 Å². The second kappa shape index (κ2) is 10.9. The zero-order valence-electron chi connectivity index (χ0n) is 17.0. The monoisotopic (exact) mass is 515 g/mol. The van der Waals surface area contributed by atoms with E-state index in [1.165, 1.54) is 10.6 Å². The van der Waals surface area contributed by atoms with Crippen molar-refractivity contribution in [3.8, 4) is 0 Å². The molecule has 1 unspecified atom stereocenters. The maximum Gasteiger partial charge on any atom is 0.225 e. The molecule has 1 fully saturated rings. The van der Waals surface area contributed by atoms with Gasteiger partial charge in [-0.05, 0) is 31.7 Å². The van der Waals surface area contributed by atoms with Gasteiger partial charge in [0.05, 0.1) is 12.2 Å². The first-order chi connectivity index (χ1) is 13.1. The Morgan fingerprint density at radius 2 is 2.11 bits per heavy atom. The van der Waals surface area contributed by atoms with Gasteiger partial charge in [-0.15, -0.1) is 35.3 Å². The number of nitrogens with one attached hydrogen (secondary N) is 2. The van der Waals surface area contributed by atoms with Gasteiger partial charge >= 0.3 is 0 Å². The van der Waals surface area contributed by atoms with Crippen LogP contribution in [0.5, 0.6) is 0 Å². The highest BCUT2D eigenvalue weighted by atomic mass is 127. The van der Waals surface area contributed by atoms with E-state index >= 15 is 0 Å². The number of hydrogen-bond donors (Lipinski definition) is 2. The Labute approximate surface area is 188 Å². The van der Waals surface area contributed by atoms with Crippen LogP contribution in [0, 0.1) is 6.92 Å². The Balaban J connectivity index is 0.00000280. The average Bonchev–Trinajstić information content (AvgIpc) is 3.07. The van der Waals surface area contributed by atoms with Crippen LogP contribution in [0.3, 0.4) is 0 Å². The van der Waals surface area contributed by atoms with Gasteiger partial charge in [-0.2, -0.15) is 0 Å².